The van der Waals surface area contributed by atoms with E-state index in [1.807, 2.05) is 24.3 Å². The third kappa shape index (κ3) is 4.72. The molecule has 1 aromatic carbocycles. The second-order valence-corrected chi connectivity index (χ2v) is 6.66. The Morgan fingerprint density at radius 1 is 1.24 bits per heavy atom. The highest BCUT2D eigenvalue weighted by Gasteiger charge is 2.40. The quantitative estimate of drug-likeness (QED) is 0.782. The third-order valence-electron chi connectivity index (χ3n) is 4.49. The zero-order valence-corrected chi connectivity index (χ0v) is 15.7. The zero-order valence-electron chi connectivity index (χ0n) is 15.7. The Balaban J connectivity index is 1.93. The second kappa shape index (κ2) is 8.34. The van der Waals surface area contributed by atoms with Crippen molar-refractivity contribution in [2.75, 3.05) is 37.6 Å². The van der Waals surface area contributed by atoms with Crippen LogP contribution < -0.4 is 15.0 Å². The highest BCUT2D eigenvalue weighted by Crippen LogP contribution is 2.37. The summed E-state index contributed by atoms with van der Waals surface area (Å²) in [5, 5.41) is 2.93. The van der Waals surface area contributed by atoms with Crippen molar-refractivity contribution >= 4 is 17.5 Å². The van der Waals surface area contributed by atoms with E-state index in [9.17, 15) is 9.59 Å². The Kier molecular flexibility index (Phi) is 6.42. The molecule has 1 heterocycles. The summed E-state index contributed by atoms with van der Waals surface area (Å²) >= 11 is 0. The van der Waals surface area contributed by atoms with Crippen LogP contribution >= 0.6 is 0 Å². The van der Waals surface area contributed by atoms with Crippen LogP contribution in [0, 0.1) is 0 Å². The molecule has 0 saturated heterocycles. The van der Waals surface area contributed by atoms with Crippen molar-refractivity contribution in [1.82, 2.24) is 10.2 Å². The molecule has 0 aromatic heterocycles. The Hall–Kier alpha value is -2.08. The molecule has 1 aliphatic rings. The topological polar surface area (TPSA) is 61.9 Å². The molecule has 0 atom stereocenters. The van der Waals surface area contributed by atoms with Crippen LogP contribution in [-0.2, 0) is 9.59 Å². The molecular weight excluding hydrogens is 318 g/mol. The first-order valence-electron chi connectivity index (χ1n) is 8.98. The molecule has 0 bridgehead atoms. The maximum absolute atomic E-state index is 12.7. The molecular formula is C19H29N3O3. The van der Waals surface area contributed by atoms with Gasteiger partial charge in [-0.05, 0) is 39.1 Å². The minimum absolute atomic E-state index is 0.0401. The highest BCUT2D eigenvalue weighted by atomic mass is 16.5. The highest BCUT2D eigenvalue weighted by molar-refractivity contribution is 6.02. The summed E-state index contributed by atoms with van der Waals surface area (Å²) in [5.74, 6) is 0.512. The molecule has 0 aliphatic carbocycles. The lowest BCUT2D eigenvalue weighted by Gasteiger charge is -2.38. The van der Waals surface area contributed by atoms with E-state index in [1.54, 1.807) is 18.7 Å². The normalized spacial score (nSPS) is 15.7. The molecule has 0 unspecified atom stereocenters. The Morgan fingerprint density at radius 2 is 1.92 bits per heavy atom. The number of ether oxygens (including phenoxy) is 1. The number of fused-ring (bicyclic) bond motifs is 1. The lowest BCUT2D eigenvalue weighted by Crippen LogP contribution is -2.53. The number of para-hydroxylation sites is 2. The first-order chi connectivity index (χ1) is 11.9. The molecule has 25 heavy (non-hydrogen) atoms. The van der Waals surface area contributed by atoms with E-state index in [1.165, 1.54) is 0 Å². The van der Waals surface area contributed by atoms with E-state index in [-0.39, 0.29) is 18.2 Å². The van der Waals surface area contributed by atoms with Gasteiger partial charge in [0.15, 0.2) is 5.60 Å². The molecule has 0 spiro atoms. The number of benzene rings is 1. The largest absolute Gasteiger partial charge is 0.476 e. The summed E-state index contributed by atoms with van der Waals surface area (Å²) in [4.78, 5) is 28.7. The summed E-state index contributed by atoms with van der Waals surface area (Å²) in [6.07, 6.45) is 0.272. The van der Waals surface area contributed by atoms with Crippen molar-refractivity contribution in [3.8, 4) is 5.75 Å². The predicted octanol–water partition coefficient (Wildman–Crippen LogP) is 2.04. The number of amides is 2. The fourth-order valence-corrected chi connectivity index (χ4v) is 2.94. The van der Waals surface area contributed by atoms with Crippen molar-refractivity contribution in [1.29, 1.82) is 0 Å². The average molecular weight is 347 g/mol. The van der Waals surface area contributed by atoms with Crippen LogP contribution in [0.3, 0.4) is 0 Å². The van der Waals surface area contributed by atoms with Gasteiger partial charge in [0.2, 0.25) is 5.91 Å². The average Bonchev–Trinajstić information content (AvgIpc) is 2.59. The molecule has 0 saturated carbocycles. The molecule has 1 aliphatic heterocycles. The van der Waals surface area contributed by atoms with Gasteiger partial charge < -0.3 is 19.9 Å². The fourth-order valence-electron chi connectivity index (χ4n) is 2.94. The van der Waals surface area contributed by atoms with Gasteiger partial charge in [0, 0.05) is 26.1 Å². The van der Waals surface area contributed by atoms with E-state index in [2.05, 4.69) is 24.1 Å². The van der Waals surface area contributed by atoms with Crippen LogP contribution in [-0.4, -0.2) is 55.0 Å². The molecule has 0 radical (unpaired) electrons. The maximum Gasteiger partial charge on any atom is 0.270 e. The van der Waals surface area contributed by atoms with E-state index in [0.717, 1.165) is 25.3 Å². The van der Waals surface area contributed by atoms with E-state index in [4.69, 9.17) is 4.74 Å². The van der Waals surface area contributed by atoms with E-state index < -0.39 is 5.60 Å². The number of likely N-dealkylation sites (N-methyl/N-ethyl adjacent to an activating group) is 1. The minimum atomic E-state index is -0.923. The summed E-state index contributed by atoms with van der Waals surface area (Å²) < 4.78 is 5.79. The van der Waals surface area contributed by atoms with Crippen molar-refractivity contribution < 1.29 is 14.3 Å². The van der Waals surface area contributed by atoms with Crippen LogP contribution in [0.1, 0.15) is 34.1 Å². The van der Waals surface area contributed by atoms with Gasteiger partial charge in [0.25, 0.3) is 5.91 Å². The number of nitrogens with one attached hydrogen (secondary N) is 1. The number of nitrogens with zero attached hydrogens (tertiary/aromatic N) is 2. The van der Waals surface area contributed by atoms with Gasteiger partial charge in [-0.3, -0.25) is 9.59 Å². The molecule has 1 N–H and O–H groups in total. The number of anilines is 1. The van der Waals surface area contributed by atoms with Gasteiger partial charge >= 0.3 is 0 Å². The van der Waals surface area contributed by atoms with Crippen molar-refractivity contribution in [3.05, 3.63) is 24.3 Å². The fraction of sp³-hybridized carbons (Fsp3) is 0.579. The number of rotatable bonds is 8. The van der Waals surface area contributed by atoms with Crippen molar-refractivity contribution in [2.24, 2.45) is 0 Å². The lowest BCUT2D eigenvalue weighted by molar-refractivity contribution is -0.132. The van der Waals surface area contributed by atoms with Gasteiger partial charge in [-0.15, -0.1) is 0 Å². The van der Waals surface area contributed by atoms with Crippen LogP contribution in [0.5, 0.6) is 5.75 Å². The number of carbonyl (C=O) groups is 2. The van der Waals surface area contributed by atoms with Crippen LogP contribution in [0.25, 0.3) is 0 Å². The van der Waals surface area contributed by atoms with Crippen LogP contribution in [0.2, 0.25) is 0 Å². The number of hydrogen-bond acceptors (Lipinski definition) is 4. The Morgan fingerprint density at radius 3 is 2.60 bits per heavy atom. The Bertz CT molecular complexity index is 612. The third-order valence-corrected chi connectivity index (χ3v) is 4.49. The maximum atomic E-state index is 12.7. The van der Waals surface area contributed by atoms with Crippen molar-refractivity contribution in [3.63, 3.8) is 0 Å². The van der Waals surface area contributed by atoms with Crippen LogP contribution in [0.4, 0.5) is 5.69 Å². The van der Waals surface area contributed by atoms with E-state index >= 15 is 0 Å². The lowest BCUT2D eigenvalue weighted by atomic mass is 10.0. The van der Waals surface area contributed by atoms with E-state index in [0.29, 0.717) is 18.8 Å². The molecule has 6 heteroatoms. The monoisotopic (exact) mass is 347 g/mol. The van der Waals surface area contributed by atoms with Gasteiger partial charge in [0.05, 0.1) is 5.69 Å². The number of carbonyl (C=O) groups excluding carboxylic acids is 2. The van der Waals surface area contributed by atoms with Crippen LogP contribution in [0.15, 0.2) is 24.3 Å². The smallest absolute Gasteiger partial charge is 0.270 e. The number of hydrogen-bond donors (Lipinski definition) is 1. The SMILES string of the molecule is CCN(CC)CCNC(=O)CCN1C(=O)C(C)(C)Oc2ccccc21. The molecule has 1 aromatic rings. The molecule has 0 fully saturated rings. The van der Waals surface area contributed by atoms with Gasteiger partial charge in [-0.25, -0.2) is 0 Å². The zero-order chi connectivity index (χ0) is 18.4. The first kappa shape index (κ1) is 19.2. The molecule has 6 nitrogen and oxygen atoms in total. The first-order valence-corrected chi connectivity index (χ1v) is 8.98. The minimum Gasteiger partial charge on any atom is -0.476 e. The molecule has 2 amide bonds. The summed E-state index contributed by atoms with van der Waals surface area (Å²) in [6.45, 7) is 11.5. The van der Waals surface area contributed by atoms with Crippen molar-refractivity contribution in [2.45, 2.75) is 39.7 Å². The summed E-state index contributed by atoms with van der Waals surface area (Å²) in [6, 6.07) is 7.44. The predicted molar refractivity (Wildman–Crippen MR) is 98.9 cm³/mol. The van der Waals surface area contributed by atoms with Gasteiger partial charge in [0.1, 0.15) is 5.75 Å². The summed E-state index contributed by atoms with van der Waals surface area (Å²) in [7, 11) is 0. The van der Waals surface area contributed by atoms with Gasteiger partial charge in [-0.2, -0.15) is 0 Å². The summed E-state index contributed by atoms with van der Waals surface area (Å²) in [5.41, 5.74) is -0.198. The van der Waals surface area contributed by atoms with Gasteiger partial charge in [-0.1, -0.05) is 26.0 Å². The second-order valence-electron chi connectivity index (χ2n) is 6.66. The molecule has 2 rings (SSSR count). The standard InChI is InChI=1S/C19H29N3O3/c1-5-21(6-2)14-12-20-17(23)11-13-22-15-9-7-8-10-16(15)25-19(3,4)18(22)24/h7-10H,5-6,11-14H2,1-4H3,(H,20,23). The Labute approximate surface area is 150 Å². The molecule has 138 valence electrons.